The second-order valence-corrected chi connectivity index (χ2v) is 6.46. The van der Waals surface area contributed by atoms with E-state index >= 15 is 0 Å². The smallest absolute Gasteiger partial charge is 0.336 e. The molecule has 0 atom stereocenters. The molecule has 0 unspecified atom stereocenters. The largest absolute Gasteiger partial charge is 0.478 e. The van der Waals surface area contributed by atoms with Gasteiger partial charge in [-0.1, -0.05) is 12.1 Å². The zero-order valence-corrected chi connectivity index (χ0v) is 17.2. The summed E-state index contributed by atoms with van der Waals surface area (Å²) in [6, 6.07) is 9.30. The molecular weight excluding hydrogens is 424 g/mol. The van der Waals surface area contributed by atoms with Crippen molar-refractivity contribution in [3.05, 3.63) is 95.1 Å². The monoisotopic (exact) mass is 440 g/mol. The highest BCUT2D eigenvalue weighted by Gasteiger charge is 2.12. The van der Waals surface area contributed by atoms with Gasteiger partial charge < -0.3 is 9.84 Å². The summed E-state index contributed by atoms with van der Waals surface area (Å²) in [5.74, 6) is -1.49. The molecule has 0 saturated carbocycles. The summed E-state index contributed by atoms with van der Waals surface area (Å²) in [6.45, 7) is 14.2. The molecule has 10 nitrogen and oxygen atoms in total. The number of carboxylic acids is 1. The van der Waals surface area contributed by atoms with Crippen LogP contribution in [0.2, 0.25) is 0 Å². The molecule has 10 heteroatoms. The zero-order valence-electron chi connectivity index (χ0n) is 17.2. The van der Waals surface area contributed by atoms with Crippen LogP contribution in [0.25, 0.3) is 31.9 Å². The third kappa shape index (κ3) is 5.10. The van der Waals surface area contributed by atoms with Gasteiger partial charge in [0.05, 0.1) is 32.6 Å². The summed E-state index contributed by atoms with van der Waals surface area (Å²) in [5.41, 5.74) is 4.17. The fraction of sp³-hybridized carbons (Fsp3) is 0.0435. The third-order valence-corrected chi connectivity index (χ3v) is 4.52. The Morgan fingerprint density at radius 1 is 0.879 bits per heavy atom. The Morgan fingerprint density at radius 3 is 1.76 bits per heavy atom. The molecule has 0 aliphatic carbocycles. The number of rotatable bonds is 4. The SMILES string of the molecule is [C-]#[N+]c1cc(C(=O)O)ccc1-c1cn[nH]c1.[C-]#[N+]c1cc(C(=O)OC)ccc1-c1cn[nH]c1. The van der Waals surface area contributed by atoms with Crippen LogP contribution in [0.4, 0.5) is 11.4 Å². The molecule has 0 aliphatic heterocycles. The molecule has 2 heterocycles. The molecule has 0 amide bonds. The minimum atomic E-state index is -1.04. The van der Waals surface area contributed by atoms with Crippen LogP contribution in [0.5, 0.6) is 0 Å². The molecule has 2 aromatic heterocycles. The fourth-order valence-electron chi connectivity index (χ4n) is 2.91. The Hall–Kier alpha value is -5.22. The van der Waals surface area contributed by atoms with Crippen LogP contribution >= 0.6 is 0 Å². The molecule has 0 radical (unpaired) electrons. The summed E-state index contributed by atoms with van der Waals surface area (Å²) in [7, 11) is 1.31. The topological polar surface area (TPSA) is 130 Å². The molecular formula is C23H16N6O4. The number of carbonyl (C=O) groups excluding carboxylic acids is 1. The highest BCUT2D eigenvalue weighted by Crippen LogP contribution is 2.31. The summed E-state index contributed by atoms with van der Waals surface area (Å²) in [6.07, 6.45) is 6.57. The number of carbonyl (C=O) groups is 2. The van der Waals surface area contributed by atoms with E-state index < -0.39 is 11.9 Å². The average molecular weight is 440 g/mol. The minimum Gasteiger partial charge on any atom is -0.478 e. The van der Waals surface area contributed by atoms with E-state index in [1.807, 2.05) is 0 Å². The van der Waals surface area contributed by atoms with Gasteiger partial charge in [0.15, 0.2) is 11.4 Å². The Bertz CT molecular complexity index is 1360. The number of H-pyrrole nitrogens is 2. The first kappa shape index (κ1) is 22.5. The fourth-order valence-corrected chi connectivity index (χ4v) is 2.91. The van der Waals surface area contributed by atoms with E-state index in [2.05, 4.69) is 34.8 Å². The molecule has 0 fully saturated rings. The standard InChI is InChI=1S/C12H9N3O2.C11H7N3O2/c1-13-11-5-8(12(16)17-2)3-4-10(11)9-6-14-15-7-9;1-12-10-4-7(11(15)16)2-3-9(10)8-5-13-14-6-8/h3-7H,2H3,(H,14,15);2-6H,(H,13,14)(H,15,16). The van der Waals surface area contributed by atoms with Crippen molar-refractivity contribution in [2.24, 2.45) is 0 Å². The number of aromatic nitrogens is 4. The van der Waals surface area contributed by atoms with E-state index in [1.54, 1.807) is 43.0 Å². The van der Waals surface area contributed by atoms with E-state index in [0.29, 0.717) is 22.5 Å². The van der Waals surface area contributed by atoms with Crippen molar-refractivity contribution in [2.75, 3.05) is 7.11 Å². The van der Waals surface area contributed by atoms with E-state index in [0.717, 1.165) is 16.7 Å². The van der Waals surface area contributed by atoms with Gasteiger partial charge >= 0.3 is 11.9 Å². The molecule has 0 aliphatic rings. The number of carboxylic acid groups (broad SMARTS) is 1. The van der Waals surface area contributed by atoms with Gasteiger partial charge in [-0.3, -0.25) is 10.2 Å². The maximum atomic E-state index is 11.3. The van der Waals surface area contributed by atoms with Crippen LogP contribution in [0, 0.1) is 13.1 Å². The first-order valence-corrected chi connectivity index (χ1v) is 9.31. The maximum Gasteiger partial charge on any atom is 0.336 e. The summed E-state index contributed by atoms with van der Waals surface area (Å²) >= 11 is 0. The third-order valence-electron chi connectivity index (χ3n) is 4.52. The first-order valence-electron chi connectivity index (χ1n) is 9.31. The lowest BCUT2D eigenvalue weighted by Gasteiger charge is -2.04. The van der Waals surface area contributed by atoms with E-state index in [1.165, 1.54) is 25.3 Å². The van der Waals surface area contributed by atoms with Gasteiger partial charge in [-0.15, -0.1) is 0 Å². The van der Waals surface area contributed by atoms with E-state index in [4.69, 9.17) is 18.3 Å². The number of esters is 1. The Labute approximate surface area is 188 Å². The molecule has 0 spiro atoms. The number of hydrogen-bond acceptors (Lipinski definition) is 5. The Kier molecular flexibility index (Phi) is 6.94. The Morgan fingerprint density at radius 2 is 1.36 bits per heavy atom. The number of aromatic carboxylic acids is 1. The van der Waals surface area contributed by atoms with Crippen molar-refractivity contribution in [2.45, 2.75) is 0 Å². The molecule has 0 saturated heterocycles. The summed E-state index contributed by atoms with van der Waals surface area (Å²) < 4.78 is 4.61. The van der Waals surface area contributed by atoms with E-state index in [9.17, 15) is 9.59 Å². The number of benzene rings is 2. The predicted octanol–water partition coefficient (Wildman–Crippen LogP) is 4.74. The number of hydrogen-bond donors (Lipinski definition) is 3. The van der Waals surface area contributed by atoms with Crippen molar-refractivity contribution < 1.29 is 19.4 Å². The van der Waals surface area contributed by atoms with Gasteiger partial charge in [0.25, 0.3) is 0 Å². The highest BCUT2D eigenvalue weighted by atomic mass is 16.5. The molecule has 0 bridgehead atoms. The van der Waals surface area contributed by atoms with Crippen LogP contribution in [0.15, 0.2) is 61.2 Å². The summed E-state index contributed by atoms with van der Waals surface area (Å²) in [4.78, 5) is 28.8. The van der Waals surface area contributed by atoms with Gasteiger partial charge in [-0.25, -0.2) is 19.3 Å². The molecule has 162 valence electrons. The predicted molar refractivity (Wildman–Crippen MR) is 119 cm³/mol. The normalized spacial score (nSPS) is 9.67. The van der Waals surface area contributed by atoms with Crippen LogP contribution in [-0.4, -0.2) is 44.5 Å². The number of nitrogens with one attached hydrogen (secondary N) is 2. The minimum absolute atomic E-state index is 0.109. The second kappa shape index (κ2) is 10.2. The van der Waals surface area contributed by atoms with Crippen molar-refractivity contribution >= 4 is 23.3 Å². The number of methoxy groups -OCH3 is 1. The number of nitrogens with zero attached hydrogens (tertiary/aromatic N) is 4. The average Bonchev–Trinajstić information content (AvgIpc) is 3.58. The number of aromatic amines is 2. The maximum absolute atomic E-state index is 11.3. The van der Waals surface area contributed by atoms with Gasteiger partial charge in [0, 0.05) is 34.6 Å². The Balaban J connectivity index is 0.000000186. The van der Waals surface area contributed by atoms with Crippen LogP contribution in [0.3, 0.4) is 0 Å². The second-order valence-electron chi connectivity index (χ2n) is 6.46. The van der Waals surface area contributed by atoms with Crippen LogP contribution in [-0.2, 0) is 4.74 Å². The lowest BCUT2D eigenvalue weighted by Crippen LogP contribution is -2.00. The number of ether oxygens (including phenoxy) is 1. The van der Waals surface area contributed by atoms with Gasteiger partial charge in [0.1, 0.15) is 0 Å². The molecule has 33 heavy (non-hydrogen) atoms. The lowest BCUT2D eigenvalue weighted by atomic mass is 10.0. The molecule has 4 aromatic rings. The van der Waals surface area contributed by atoms with Crippen LogP contribution < -0.4 is 0 Å². The van der Waals surface area contributed by atoms with Crippen molar-refractivity contribution in [1.29, 1.82) is 0 Å². The summed E-state index contributed by atoms with van der Waals surface area (Å²) in [5, 5.41) is 21.8. The van der Waals surface area contributed by atoms with E-state index in [-0.39, 0.29) is 5.56 Å². The first-order chi connectivity index (χ1) is 16.0. The molecule has 4 rings (SSSR count). The van der Waals surface area contributed by atoms with Crippen molar-refractivity contribution in [3.8, 4) is 22.3 Å². The highest BCUT2D eigenvalue weighted by molar-refractivity contribution is 5.93. The van der Waals surface area contributed by atoms with Crippen LogP contribution in [0.1, 0.15) is 20.7 Å². The van der Waals surface area contributed by atoms with Crippen molar-refractivity contribution in [3.63, 3.8) is 0 Å². The molecule has 2 aromatic carbocycles. The zero-order chi connectivity index (χ0) is 23.8. The molecule has 3 N–H and O–H groups in total. The van der Waals surface area contributed by atoms with Gasteiger partial charge in [-0.2, -0.15) is 10.2 Å². The lowest BCUT2D eigenvalue weighted by molar-refractivity contribution is 0.0600. The van der Waals surface area contributed by atoms with Crippen molar-refractivity contribution in [1.82, 2.24) is 20.4 Å². The quantitative estimate of drug-likeness (QED) is 0.310. The van der Waals surface area contributed by atoms with Gasteiger partial charge in [0.2, 0.25) is 0 Å². The van der Waals surface area contributed by atoms with Gasteiger partial charge in [-0.05, 0) is 35.4 Å².